The van der Waals surface area contributed by atoms with Crippen LogP contribution in [0.4, 0.5) is 5.69 Å². The van der Waals surface area contributed by atoms with E-state index in [2.05, 4.69) is 15.5 Å². The lowest BCUT2D eigenvalue weighted by atomic mass is 10.2. The molecule has 0 saturated carbocycles. The van der Waals surface area contributed by atoms with Crippen LogP contribution in [0.3, 0.4) is 0 Å². The number of nitrogens with one attached hydrogen (secondary N) is 1. The van der Waals surface area contributed by atoms with Crippen molar-refractivity contribution in [3.63, 3.8) is 0 Å². The second-order valence-corrected chi connectivity index (χ2v) is 4.78. The van der Waals surface area contributed by atoms with Gasteiger partial charge >= 0.3 is 5.69 Å². The van der Waals surface area contributed by atoms with E-state index in [4.69, 9.17) is 0 Å². The highest BCUT2D eigenvalue weighted by molar-refractivity contribution is 5.80. The molecule has 0 radical (unpaired) electrons. The summed E-state index contributed by atoms with van der Waals surface area (Å²) in [4.78, 5) is 22.4. The van der Waals surface area contributed by atoms with Crippen LogP contribution in [0, 0.1) is 10.1 Å². The molecule has 1 unspecified atom stereocenters. The standard InChI is InChI=1S/C13H18N6O3/c1-3-12(18-9-11(7-16-18)19(21)22)13(20)14-5-10-6-15-17(4-2)8-10/h6-9,12H,3-5H2,1-2H3,(H,14,20). The van der Waals surface area contributed by atoms with E-state index < -0.39 is 11.0 Å². The average Bonchev–Trinajstić information content (AvgIpc) is 3.15. The highest BCUT2D eigenvalue weighted by atomic mass is 16.6. The zero-order valence-corrected chi connectivity index (χ0v) is 12.5. The molecule has 0 saturated heterocycles. The second kappa shape index (κ2) is 6.83. The number of aryl methyl sites for hydroxylation is 1. The summed E-state index contributed by atoms with van der Waals surface area (Å²) in [6.07, 6.45) is 6.45. The van der Waals surface area contributed by atoms with Gasteiger partial charge in [0, 0.05) is 24.8 Å². The summed E-state index contributed by atoms with van der Waals surface area (Å²) in [6, 6.07) is -0.574. The molecule has 0 bridgehead atoms. The highest BCUT2D eigenvalue weighted by Gasteiger charge is 2.21. The van der Waals surface area contributed by atoms with Crippen LogP contribution in [-0.4, -0.2) is 30.4 Å². The number of amides is 1. The second-order valence-electron chi connectivity index (χ2n) is 4.78. The molecule has 2 aromatic rings. The van der Waals surface area contributed by atoms with Crippen molar-refractivity contribution in [2.24, 2.45) is 0 Å². The lowest BCUT2D eigenvalue weighted by Gasteiger charge is -2.14. The number of aromatic nitrogens is 4. The van der Waals surface area contributed by atoms with Crippen molar-refractivity contribution in [3.8, 4) is 0 Å². The fourth-order valence-corrected chi connectivity index (χ4v) is 2.06. The molecule has 0 aliphatic heterocycles. The summed E-state index contributed by atoms with van der Waals surface area (Å²) >= 11 is 0. The first-order valence-electron chi connectivity index (χ1n) is 7.02. The maximum atomic E-state index is 12.2. The molecule has 0 fully saturated rings. The number of rotatable bonds is 7. The van der Waals surface area contributed by atoms with Gasteiger partial charge in [-0.25, -0.2) is 0 Å². The van der Waals surface area contributed by atoms with E-state index in [0.29, 0.717) is 13.0 Å². The van der Waals surface area contributed by atoms with Crippen molar-refractivity contribution in [1.82, 2.24) is 24.9 Å². The quantitative estimate of drug-likeness (QED) is 0.612. The fraction of sp³-hybridized carbons (Fsp3) is 0.462. The minimum Gasteiger partial charge on any atom is -0.350 e. The maximum Gasteiger partial charge on any atom is 0.307 e. The molecule has 118 valence electrons. The summed E-state index contributed by atoms with van der Waals surface area (Å²) < 4.78 is 3.10. The molecule has 1 N–H and O–H groups in total. The SMILES string of the molecule is CCC(C(=O)NCc1cnn(CC)c1)n1cc([N+](=O)[O-])cn1. The van der Waals surface area contributed by atoms with Gasteiger partial charge in [-0.3, -0.25) is 24.3 Å². The Bertz CT molecular complexity index is 662. The molecule has 1 amide bonds. The zero-order chi connectivity index (χ0) is 16.1. The number of hydrogen-bond donors (Lipinski definition) is 1. The van der Waals surface area contributed by atoms with Crippen molar-refractivity contribution < 1.29 is 9.72 Å². The first-order chi connectivity index (χ1) is 10.5. The Balaban J connectivity index is 2.00. The van der Waals surface area contributed by atoms with Gasteiger partial charge in [0.05, 0.1) is 11.1 Å². The van der Waals surface area contributed by atoms with E-state index in [-0.39, 0.29) is 11.6 Å². The maximum absolute atomic E-state index is 12.2. The van der Waals surface area contributed by atoms with E-state index >= 15 is 0 Å². The Hall–Kier alpha value is -2.71. The lowest BCUT2D eigenvalue weighted by Crippen LogP contribution is -2.32. The minimum absolute atomic E-state index is 0.129. The normalized spacial score (nSPS) is 12.1. The van der Waals surface area contributed by atoms with E-state index in [1.807, 2.05) is 20.0 Å². The summed E-state index contributed by atoms with van der Waals surface area (Å²) in [5.74, 6) is -0.232. The van der Waals surface area contributed by atoms with Crippen LogP contribution in [0.25, 0.3) is 0 Å². The van der Waals surface area contributed by atoms with Gasteiger partial charge in [-0.2, -0.15) is 10.2 Å². The van der Waals surface area contributed by atoms with E-state index in [0.717, 1.165) is 18.3 Å². The van der Waals surface area contributed by atoms with Crippen molar-refractivity contribution >= 4 is 11.6 Å². The summed E-state index contributed by atoms with van der Waals surface area (Å²) in [6.45, 7) is 4.93. The van der Waals surface area contributed by atoms with Crippen LogP contribution in [0.1, 0.15) is 31.9 Å². The predicted molar refractivity (Wildman–Crippen MR) is 78.0 cm³/mol. The zero-order valence-electron chi connectivity index (χ0n) is 12.5. The molecular formula is C13H18N6O3. The molecule has 0 aromatic carbocycles. The molecule has 0 spiro atoms. The van der Waals surface area contributed by atoms with Gasteiger partial charge in [0.1, 0.15) is 18.4 Å². The molecule has 9 nitrogen and oxygen atoms in total. The summed E-state index contributed by atoms with van der Waals surface area (Å²) in [5.41, 5.74) is 0.770. The van der Waals surface area contributed by atoms with Gasteiger partial charge in [-0.05, 0) is 13.3 Å². The molecule has 2 aromatic heterocycles. The van der Waals surface area contributed by atoms with Crippen molar-refractivity contribution in [1.29, 1.82) is 0 Å². The highest BCUT2D eigenvalue weighted by Crippen LogP contribution is 2.16. The van der Waals surface area contributed by atoms with Gasteiger partial charge < -0.3 is 5.32 Å². The Morgan fingerprint density at radius 3 is 2.68 bits per heavy atom. The molecule has 2 rings (SSSR count). The Morgan fingerprint density at radius 2 is 2.14 bits per heavy atom. The monoisotopic (exact) mass is 306 g/mol. The van der Waals surface area contributed by atoms with Crippen LogP contribution in [0.15, 0.2) is 24.8 Å². The van der Waals surface area contributed by atoms with Crippen LogP contribution in [0.5, 0.6) is 0 Å². The van der Waals surface area contributed by atoms with Crippen molar-refractivity contribution in [3.05, 3.63) is 40.5 Å². The number of carbonyl (C=O) groups is 1. The van der Waals surface area contributed by atoms with Crippen LogP contribution >= 0.6 is 0 Å². The summed E-state index contributed by atoms with van der Waals surface area (Å²) in [5, 5.41) is 21.5. The molecule has 2 heterocycles. The number of nitro groups is 1. The first-order valence-corrected chi connectivity index (χ1v) is 7.02. The molecule has 1 atom stereocenters. The van der Waals surface area contributed by atoms with Gasteiger partial charge in [0.2, 0.25) is 5.91 Å². The van der Waals surface area contributed by atoms with Crippen LogP contribution < -0.4 is 5.32 Å². The third kappa shape index (κ3) is 3.48. The minimum atomic E-state index is -0.574. The smallest absolute Gasteiger partial charge is 0.307 e. The van der Waals surface area contributed by atoms with Crippen molar-refractivity contribution in [2.45, 2.75) is 39.4 Å². The van der Waals surface area contributed by atoms with Crippen LogP contribution in [0.2, 0.25) is 0 Å². The van der Waals surface area contributed by atoms with E-state index in [1.165, 1.54) is 10.9 Å². The first kappa shape index (κ1) is 15.7. The third-order valence-corrected chi connectivity index (χ3v) is 3.28. The van der Waals surface area contributed by atoms with Crippen LogP contribution in [-0.2, 0) is 17.9 Å². The average molecular weight is 306 g/mol. The van der Waals surface area contributed by atoms with Gasteiger partial charge in [-0.1, -0.05) is 6.92 Å². The Kier molecular flexibility index (Phi) is 4.87. The number of nitrogens with zero attached hydrogens (tertiary/aromatic N) is 5. The van der Waals surface area contributed by atoms with Gasteiger partial charge in [0.25, 0.3) is 0 Å². The topological polar surface area (TPSA) is 108 Å². The number of carbonyl (C=O) groups excluding carboxylic acids is 1. The molecular weight excluding hydrogens is 288 g/mol. The predicted octanol–water partition coefficient (Wildman–Crippen LogP) is 1.28. The van der Waals surface area contributed by atoms with Gasteiger partial charge in [0.15, 0.2) is 0 Å². The molecule has 0 aliphatic rings. The molecule has 22 heavy (non-hydrogen) atoms. The van der Waals surface area contributed by atoms with E-state index in [1.54, 1.807) is 10.9 Å². The van der Waals surface area contributed by atoms with E-state index in [9.17, 15) is 14.9 Å². The lowest BCUT2D eigenvalue weighted by molar-refractivity contribution is -0.385. The summed E-state index contributed by atoms with van der Waals surface area (Å²) in [7, 11) is 0. The number of hydrogen-bond acceptors (Lipinski definition) is 5. The Morgan fingerprint density at radius 1 is 1.36 bits per heavy atom. The fourth-order valence-electron chi connectivity index (χ4n) is 2.06. The molecule has 0 aliphatic carbocycles. The Labute approximate surface area is 127 Å². The molecule has 9 heteroatoms. The van der Waals surface area contributed by atoms with Crippen molar-refractivity contribution in [2.75, 3.05) is 0 Å². The van der Waals surface area contributed by atoms with Gasteiger partial charge in [-0.15, -0.1) is 0 Å². The third-order valence-electron chi connectivity index (χ3n) is 3.28. The largest absolute Gasteiger partial charge is 0.350 e.